The van der Waals surface area contributed by atoms with Crippen molar-refractivity contribution in [3.63, 3.8) is 0 Å². The molecular formula is C59H67F2N13O5S. The van der Waals surface area contributed by atoms with Crippen LogP contribution in [0.3, 0.4) is 0 Å². The summed E-state index contributed by atoms with van der Waals surface area (Å²) in [6.45, 7) is 12.5. The number of pyridine rings is 1. The molecule has 3 aromatic heterocycles. The molecule has 4 fully saturated rings. The van der Waals surface area contributed by atoms with E-state index in [-0.39, 0.29) is 55.0 Å². The van der Waals surface area contributed by atoms with Crippen LogP contribution < -0.4 is 25.2 Å². The number of aryl methyl sites for hydroxylation is 1. The van der Waals surface area contributed by atoms with E-state index in [0.717, 1.165) is 89.8 Å². The predicted octanol–water partition coefficient (Wildman–Crippen LogP) is 8.74. The summed E-state index contributed by atoms with van der Waals surface area (Å²) in [6, 6.07) is 31.4. The summed E-state index contributed by atoms with van der Waals surface area (Å²) in [5.74, 6) is 0.729. The number of rotatable bonds is 18. The minimum Gasteiger partial charge on any atom is -0.488 e. The van der Waals surface area contributed by atoms with Crippen LogP contribution in [-0.4, -0.2) is 158 Å². The van der Waals surface area contributed by atoms with Gasteiger partial charge in [0.15, 0.2) is 6.29 Å². The van der Waals surface area contributed by atoms with E-state index in [2.05, 4.69) is 90.5 Å². The van der Waals surface area contributed by atoms with Crippen molar-refractivity contribution >= 4 is 49.9 Å². The predicted molar refractivity (Wildman–Crippen MR) is 305 cm³/mol. The molecule has 0 spiro atoms. The van der Waals surface area contributed by atoms with Crippen LogP contribution in [0.5, 0.6) is 5.75 Å². The van der Waals surface area contributed by atoms with Gasteiger partial charge in [0.25, 0.3) is 5.24 Å². The fourth-order valence-electron chi connectivity index (χ4n) is 11.1. The van der Waals surface area contributed by atoms with E-state index in [0.29, 0.717) is 36.4 Å². The van der Waals surface area contributed by atoms with Crippen molar-refractivity contribution in [1.29, 1.82) is 0 Å². The first kappa shape index (κ1) is 54.2. The Kier molecular flexibility index (Phi) is 16.0. The molecule has 18 nitrogen and oxygen atoms in total. The Hall–Kier alpha value is -7.72. The van der Waals surface area contributed by atoms with Crippen LogP contribution in [0, 0.1) is 18.6 Å². The third-order valence-electron chi connectivity index (χ3n) is 15.5. The van der Waals surface area contributed by atoms with Crippen molar-refractivity contribution < 1.29 is 32.6 Å². The third kappa shape index (κ3) is 11.8. The number of hydrogen-bond acceptors (Lipinski definition) is 15. The number of benzene rings is 4. The summed E-state index contributed by atoms with van der Waals surface area (Å²) in [4.78, 5) is 58.8. The van der Waals surface area contributed by atoms with E-state index in [9.17, 15) is 9.18 Å². The highest BCUT2D eigenvalue weighted by molar-refractivity contribution is 8.45. The van der Waals surface area contributed by atoms with Crippen LogP contribution >= 0.6 is 10.0 Å². The van der Waals surface area contributed by atoms with Crippen molar-refractivity contribution in [2.45, 2.75) is 62.6 Å². The monoisotopic (exact) mass is 1110 g/mol. The quantitative estimate of drug-likeness (QED) is 0.0835. The van der Waals surface area contributed by atoms with Gasteiger partial charge in [-0.15, -0.1) is 10.0 Å². The van der Waals surface area contributed by atoms with Gasteiger partial charge in [-0.2, -0.15) is 5.10 Å². The zero-order valence-corrected chi connectivity index (χ0v) is 46.3. The van der Waals surface area contributed by atoms with Crippen molar-refractivity contribution in [2.24, 2.45) is 0 Å². The van der Waals surface area contributed by atoms with Crippen molar-refractivity contribution in [2.75, 3.05) is 105 Å². The molecule has 21 heteroatoms. The van der Waals surface area contributed by atoms with Gasteiger partial charge in [0.05, 0.1) is 24.7 Å². The molecule has 0 aliphatic carbocycles. The topological polar surface area (TPSA) is 171 Å². The summed E-state index contributed by atoms with van der Waals surface area (Å²) in [7, 11) is -0.151. The smallest absolute Gasteiger partial charge is 0.270 e. The second-order valence-corrected chi connectivity index (χ2v) is 24.4. The SMILES string of the molecule is Cc1ccc(NCS2(c3ccc(N4CCN(c5ccc(OC[C@H]6OC[C@](Cn7cncn7)(c7ccc(F)cc7F)O6)cc5)CC4)cc3)CC(CC(=O)N3CCN(C)CC3)N(C(C)C)C2=O)cc1Nc1nccc(-c2cccnc2)n1. The molecule has 418 valence electrons. The maximum atomic E-state index is 15.3. The molecule has 80 heavy (non-hydrogen) atoms. The number of halogens is 2. The van der Waals surface area contributed by atoms with E-state index < -0.39 is 33.6 Å². The van der Waals surface area contributed by atoms with Crippen LogP contribution in [0.1, 0.15) is 31.4 Å². The maximum absolute atomic E-state index is 15.3. The Morgan fingerprint density at radius 3 is 2.31 bits per heavy atom. The largest absolute Gasteiger partial charge is 0.488 e. The fourth-order valence-corrected chi connectivity index (χ4v) is 14.8. The molecule has 4 aliphatic rings. The number of piperazine rings is 2. The van der Waals surface area contributed by atoms with Crippen LogP contribution in [0.25, 0.3) is 11.3 Å². The lowest BCUT2D eigenvalue weighted by atomic mass is 9.94. The number of nitrogens with zero attached hydrogens (tertiary/aromatic N) is 11. The number of likely N-dealkylation sites (N-methyl/N-ethyl adjacent to an activating group) is 1. The maximum Gasteiger partial charge on any atom is 0.270 e. The number of ether oxygens (including phenoxy) is 3. The Morgan fingerprint density at radius 2 is 1.62 bits per heavy atom. The Bertz CT molecular complexity index is 3260. The Balaban J connectivity index is 0.757. The summed E-state index contributed by atoms with van der Waals surface area (Å²) < 4.78 is 49.0. The molecule has 11 rings (SSSR count). The van der Waals surface area contributed by atoms with Gasteiger partial charge in [-0.25, -0.2) is 28.4 Å². The Labute approximate surface area is 466 Å². The van der Waals surface area contributed by atoms with Gasteiger partial charge in [0.1, 0.15) is 42.2 Å². The Morgan fingerprint density at radius 1 is 0.875 bits per heavy atom. The molecule has 2 unspecified atom stereocenters. The third-order valence-corrected chi connectivity index (χ3v) is 19.2. The standard InChI is InChI=1S/C59H67F2N13O5S/c1-41(2)74-48(32-55(75)72-24-22-69(4)23-25-72)35-80(58(74)76,40-65-45-9-7-42(3)54(31-45)68-57-64-21-19-53(67-57)43-6-5-20-62-33-43)50-16-12-47(13-17-50)71-28-26-70(27-29-71)46-10-14-49(15-11-46)77-34-56-78-37-59(79-56,36-73-39-63-38-66-73)51-18-8-44(60)30-52(51)61/h5-21,30-31,33,38-39,41,48,56,65H,22-29,32,34-37,40H2,1-4H3,(H,64,67,68)/t48?,56-,59+/m0/s1. The molecular weight excluding hydrogens is 1040 g/mol. The van der Waals surface area contributed by atoms with Crippen LogP contribution in [0.2, 0.25) is 0 Å². The van der Waals surface area contributed by atoms with Gasteiger partial charge in [-0.05, 0) is 118 Å². The average molecular weight is 1110 g/mol. The lowest BCUT2D eigenvalue weighted by Gasteiger charge is -2.38. The normalized spacial score (nSPS) is 22.4. The van der Waals surface area contributed by atoms with Crippen LogP contribution in [0.15, 0.2) is 139 Å². The first-order valence-corrected chi connectivity index (χ1v) is 29.1. The van der Waals surface area contributed by atoms with Crippen molar-refractivity contribution in [3.05, 3.63) is 157 Å². The van der Waals surface area contributed by atoms with E-state index >= 15 is 9.18 Å². The average Bonchev–Trinajstić information content (AvgIpc) is 4.35. The van der Waals surface area contributed by atoms with Crippen LogP contribution in [0.4, 0.5) is 42.3 Å². The minimum absolute atomic E-state index is 0.00659. The zero-order chi connectivity index (χ0) is 55.4. The number of hydrogen-bond donors (Lipinski definition) is 2. The van der Waals surface area contributed by atoms with E-state index in [1.165, 1.54) is 29.5 Å². The highest BCUT2D eigenvalue weighted by atomic mass is 32.3. The van der Waals surface area contributed by atoms with Gasteiger partial charge in [-0.3, -0.25) is 14.6 Å². The van der Waals surface area contributed by atoms with Crippen LogP contribution in [-0.2, 0) is 26.4 Å². The molecule has 0 radical (unpaired) electrons. The first-order valence-electron chi connectivity index (χ1n) is 27.1. The zero-order valence-electron chi connectivity index (χ0n) is 45.5. The van der Waals surface area contributed by atoms with Crippen molar-refractivity contribution in [1.82, 2.24) is 44.4 Å². The van der Waals surface area contributed by atoms with E-state index in [4.69, 9.17) is 19.2 Å². The summed E-state index contributed by atoms with van der Waals surface area (Å²) in [5, 5.41) is 11.4. The molecule has 7 heterocycles. The lowest BCUT2D eigenvalue weighted by Crippen LogP contribution is -2.49. The highest BCUT2D eigenvalue weighted by Gasteiger charge is 2.51. The lowest BCUT2D eigenvalue weighted by molar-refractivity contribution is -0.133. The number of aromatic nitrogens is 6. The molecule has 0 bridgehead atoms. The molecule has 7 aromatic rings. The molecule has 4 saturated heterocycles. The molecule has 4 aromatic carbocycles. The van der Waals surface area contributed by atoms with Gasteiger partial charge in [0, 0.05) is 140 Å². The number of anilines is 5. The van der Waals surface area contributed by atoms with Gasteiger partial charge < -0.3 is 49.3 Å². The van der Waals surface area contributed by atoms with Gasteiger partial charge >= 0.3 is 0 Å². The summed E-state index contributed by atoms with van der Waals surface area (Å²) in [5.41, 5.74) is 5.39. The molecule has 4 atom stereocenters. The van der Waals surface area contributed by atoms with E-state index in [1.54, 1.807) is 18.6 Å². The fraction of sp³-hybridized carbons (Fsp3) is 0.373. The summed E-state index contributed by atoms with van der Waals surface area (Å²) in [6.07, 6.45) is 7.60. The van der Waals surface area contributed by atoms with E-state index in [1.807, 2.05) is 77.4 Å². The minimum atomic E-state index is -2.23. The summed E-state index contributed by atoms with van der Waals surface area (Å²) >= 11 is 0. The van der Waals surface area contributed by atoms with Gasteiger partial charge in [0.2, 0.25) is 11.9 Å². The highest BCUT2D eigenvalue weighted by Crippen LogP contribution is 2.63. The number of amides is 2. The molecule has 2 amide bonds. The number of carbonyl (C=O) groups is 2. The number of carbonyl (C=O) groups excluding carboxylic acids is 2. The second-order valence-electron chi connectivity index (χ2n) is 21.2. The first-order chi connectivity index (χ1) is 38.8. The van der Waals surface area contributed by atoms with Gasteiger partial charge in [-0.1, -0.05) is 12.1 Å². The second kappa shape index (κ2) is 23.5. The molecule has 4 aliphatic heterocycles. The number of nitrogens with one attached hydrogen (secondary N) is 2. The molecule has 0 saturated carbocycles. The molecule has 2 N–H and O–H groups in total. The van der Waals surface area contributed by atoms with Crippen molar-refractivity contribution in [3.8, 4) is 17.0 Å².